The second kappa shape index (κ2) is 8.18. The van der Waals surface area contributed by atoms with Gasteiger partial charge in [0.2, 0.25) is 5.91 Å². The SMILES string of the molecule is CNC(=O)Cc1ccc(NC(=O)c2ccc(Cn3ccccc3=O)o2)cc1. The first kappa shape index (κ1) is 18.2. The summed E-state index contributed by atoms with van der Waals surface area (Å²) in [5.74, 6) is 0.200. The molecule has 0 radical (unpaired) electrons. The van der Waals surface area contributed by atoms with E-state index in [2.05, 4.69) is 10.6 Å². The van der Waals surface area contributed by atoms with Crippen LogP contribution in [0.1, 0.15) is 21.9 Å². The maximum absolute atomic E-state index is 12.3. The van der Waals surface area contributed by atoms with Gasteiger partial charge in [-0.1, -0.05) is 18.2 Å². The van der Waals surface area contributed by atoms with Gasteiger partial charge >= 0.3 is 0 Å². The van der Waals surface area contributed by atoms with E-state index in [0.29, 0.717) is 11.4 Å². The molecule has 0 saturated carbocycles. The topological polar surface area (TPSA) is 93.3 Å². The summed E-state index contributed by atoms with van der Waals surface area (Å²) in [6.45, 7) is 0.251. The zero-order valence-corrected chi connectivity index (χ0v) is 14.8. The first-order valence-electron chi connectivity index (χ1n) is 8.40. The van der Waals surface area contributed by atoms with E-state index in [1.54, 1.807) is 61.8 Å². The highest BCUT2D eigenvalue weighted by Gasteiger charge is 2.12. The Hall–Kier alpha value is -3.61. The lowest BCUT2D eigenvalue weighted by Crippen LogP contribution is -2.19. The van der Waals surface area contributed by atoms with E-state index in [1.165, 1.54) is 10.6 Å². The van der Waals surface area contributed by atoms with Gasteiger partial charge in [0.1, 0.15) is 5.76 Å². The van der Waals surface area contributed by atoms with Gasteiger partial charge in [0, 0.05) is 25.0 Å². The molecular weight excluding hydrogens is 346 g/mol. The van der Waals surface area contributed by atoms with E-state index < -0.39 is 0 Å². The van der Waals surface area contributed by atoms with Gasteiger partial charge in [0.25, 0.3) is 11.5 Å². The molecule has 1 aromatic carbocycles. The van der Waals surface area contributed by atoms with Crippen LogP contribution in [-0.2, 0) is 17.8 Å². The van der Waals surface area contributed by atoms with Gasteiger partial charge in [-0.15, -0.1) is 0 Å². The molecule has 0 spiro atoms. The Kier molecular flexibility index (Phi) is 5.51. The molecule has 2 aromatic heterocycles. The molecule has 0 fully saturated rings. The molecule has 0 atom stereocenters. The van der Waals surface area contributed by atoms with Gasteiger partial charge in [-0.3, -0.25) is 14.4 Å². The summed E-state index contributed by atoms with van der Waals surface area (Å²) in [6, 6.07) is 15.1. The number of aromatic nitrogens is 1. The highest BCUT2D eigenvalue weighted by atomic mass is 16.4. The molecule has 2 N–H and O–H groups in total. The van der Waals surface area contributed by atoms with Crippen LogP contribution in [0.5, 0.6) is 0 Å². The monoisotopic (exact) mass is 365 g/mol. The number of nitrogens with one attached hydrogen (secondary N) is 2. The number of likely N-dealkylation sites (N-methyl/N-ethyl adjacent to an activating group) is 1. The molecule has 0 aliphatic carbocycles. The number of amides is 2. The third-order valence-corrected chi connectivity index (χ3v) is 3.97. The molecular formula is C20H19N3O4. The second-order valence-corrected chi connectivity index (χ2v) is 5.93. The largest absolute Gasteiger partial charge is 0.454 e. The highest BCUT2D eigenvalue weighted by Crippen LogP contribution is 2.14. The molecule has 0 aliphatic heterocycles. The van der Waals surface area contributed by atoms with Crippen molar-refractivity contribution in [3.05, 3.63) is 88.2 Å². The molecule has 2 heterocycles. The van der Waals surface area contributed by atoms with Crippen LogP contribution >= 0.6 is 0 Å². The summed E-state index contributed by atoms with van der Waals surface area (Å²) in [5.41, 5.74) is 1.30. The van der Waals surface area contributed by atoms with Crippen molar-refractivity contribution in [3.8, 4) is 0 Å². The summed E-state index contributed by atoms with van der Waals surface area (Å²) < 4.78 is 7.03. The van der Waals surface area contributed by atoms with E-state index in [9.17, 15) is 14.4 Å². The van der Waals surface area contributed by atoms with Crippen molar-refractivity contribution in [1.29, 1.82) is 0 Å². The maximum atomic E-state index is 12.3. The van der Waals surface area contributed by atoms with Gasteiger partial charge in [-0.25, -0.2) is 0 Å². The van der Waals surface area contributed by atoms with Crippen LogP contribution in [0.15, 0.2) is 70.0 Å². The maximum Gasteiger partial charge on any atom is 0.291 e. The number of anilines is 1. The summed E-state index contributed by atoms with van der Waals surface area (Å²) in [7, 11) is 1.59. The van der Waals surface area contributed by atoms with E-state index in [4.69, 9.17) is 4.42 Å². The van der Waals surface area contributed by atoms with Crippen LogP contribution < -0.4 is 16.2 Å². The Morgan fingerprint density at radius 1 is 1.04 bits per heavy atom. The number of furan rings is 1. The molecule has 2 amide bonds. The van der Waals surface area contributed by atoms with Gasteiger partial charge in [-0.05, 0) is 35.9 Å². The van der Waals surface area contributed by atoms with E-state index in [0.717, 1.165) is 5.56 Å². The lowest BCUT2D eigenvalue weighted by Gasteiger charge is -2.05. The number of hydrogen-bond acceptors (Lipinski definition) is 4. The number of nitrogens with zero attached hydrogens (tertiary/aromatic N) is 1. The molecule has 0 unspecified atom stereocenters. The summed E-state index contributed by atoms with van der Waals surface area (Å²) in [6.07, 6.45) is 1.94. The standard InChI is InChI=1S/C20H19N3O4/c1-21-18(24)12-14-5-7-15(8-6-14)22-20(26)17-10-9-16(27-17)13-23-11-3-2-4-19(23)25/h2-11H,12-13H2,1H3,(H,21,24)(H,22,26). The fourth-order valence-corrected chi connectivity index (χ4v) is 2.52. The quantitative estimate of drug-likeness (QED) is 0.699. The van der Waals surface area contributed by atoms with Crippen molar-refractivity contribution in [2.45, 2.75) is 13.0 Å². The predicted molar refractivity (Wildman–Crippen MR) is 101 cm³/mol. The Morgan fingerprint density at radius 3 is 2.52 bits per heavy atom. The Balaban J connectivity index is 1.63. The molecule has 0 aliphatic rings. The van der Waals surface area contributed by atoms with Crippen LogP contribution in [-0.4, -0.2) is 23.4 Å². The van der Waals surface area contributed by atoms with E-state index >= 15 is 0 Å². The zero-order chi connectivity index (χ0) is 19.2. The average Bonchev–Trinajstić information content (AvgIpc) is 3.14. The molecule has 0 bridgehead atoms. The zero-order valence-electron chi connectivity index (χ0n) is 14.8. The second-order valence-electron chi connectivity index (χ2n) is 5.93. The Bertz CT molecular complexity index is 1000. The van der Waals surface area contributed by atoms with E-state index in [-0.39, 0.29) is 36.1 Å². The summed E-state index contributed by atoms with van der Waals surface area (Å²) >= 11 is 0. The van der Waals surface area contributed by atoms with Gasteiger partial charge in [0.05, 0.1) is 13.0 Å². The molecule has 7 nitrogen and oxygen atoms in total. The number of benzene rings is 1. The van der Waals surface area contributed by atoms with Crippen molar-refractivity contribution in [2.24, 2.45) is 0 Å². The lowest BCUT2D eigenvalue weighted by atomic mass is 10.1. The molecule has 3 rings (SSSR count). The number of carbonyl (C=O) groups excluding carboxylic acids is 2. The summed E-state index contributed by atoms with van der Waals surface area (Å²) in [4.78, 5) is 35.4. The van der Waals surface area contributed by atoms with Gasteiger partial charge < -0.3 is 19.6 Å². The average molecular weight is 365 g/mol. The predicted octanol–water partition coefficient (Wildman–Crippen LogP) is 2.03. The number of rotatable bonds is 6. The van der Waals surface area contributed by atoms with Crippen molar-refractivity contribution in [1.82, 2.24) is 9.88 Å². The van der Waals surface area contributed by atoms with Crippen molar-refractivity contribution in [3.63, 3.8) is 0 Å². The van der Waals surface area contributed by atoms with Crippen LogP contribution in [0.2, 0.25) is 0 Å². The third kappa shape index (κ3) is 4.72. The number of hydrogen-bond donors (Lipinski definition) is 2. The van der Waals surface area contributed by atoms with Crippen LogP contribution in [0.4, 0.5) is 5.69 Å². The number of pyridine rings is 1. The lowest BCUT2D eigenvalue weighted by molar-refractivity contribution is -0.119. The first-order valence-corrected chi connectivity index (χ1v) is 8.40. The number of carbonyl (C=O) groups is 2. The van der Waals surface area contributed by atoms with Crippen LogP contribution in [0.3, 0.4) is 0 Å². The first-order chi connectivity index (χ1) is 13.0. The van der Waals surface area contributed by atoms with Gasteiger partial charge in [0.15, 0.2) is 5.76 Å². The minimum absolute atomic E-state index is 0.0765. The smallest absolute Gasteiger partial charge is 0.291 e. The molecule has 7 heteroatoms. The van der Waals surface area contributed by atoms with Crippen molar-refractivity contribution >= 4 is 17.5 Å². The van der Waals surface area contributed by atoms with E-state index in [1.807, 2.05) is 0 Å². The molecule has 138 valence electrons. The van der Waals surface area contributed by atoms with Crippen LogP contribution in [0, 0.1) is 0 Å². The highest BCUT2D eigenvalue weighted by molar-refractivity contribution is 6.02. The molecule has 0 saturated heterocycles. The Labute approximate surface area is 155 Å². The van der Waals surface area contributed by atoms with Crippen LogP contribution in [0.25, 0.3) is 0 Å². The van der Waals surface area contributed by atoms with Crippen molar-refractivity contribution < 1.29 is 14.0 Å². The molecule has 3 aromatic rings. The van der Waals surface area contributed by atoms with Gasteiger partial charge in [-0.2, -0.15) is 0 Å². The summed E-state index contributed by atoms with van der Waals surface area (Å²) in [5, 5.41) is 5.30. The van der Waals surface area contributed by atoms with Crippen molar-refractivity contribution in [2.75, 3.05) is 12.4 Å². The fraction of sp³-hybridized carbons (Fsp3) is 0.150. The third-order valence-electron chi connectivity index (χ3n) is 3.97. The minimum Gasteiger partial charge on any atom is -0.454 e. The minimum atomic E-state index is -0.388. The fourth-order valence-electron chi connectivity index (χ4n) is 2.52. The molecule has 27 heavy (non-hydrogen) atoms. The normalized spacial score (nSPS) is 10.4. The Morgan fingerprint density at radius 2 is 1.81 bits per heavy atom.